The van der Waals surface area contributed by atoms with Crippen LogP contribution in [0, 0.1) is 0 Å². The van der Waals surface area contributed by atoms with Crippen LogP contribution in [0.1, 0.15) is 62.0 Å². The van der Waals surface area contributed by atoms with Gasteiger partial charge in [-0.3, -0.25) is 0 Å². The largest absolute Gasteiger partial charge is 0.309 e. The Morgan fingerprint density at radius 2 is 2.06 bits per heavy atom. The molecule has 0 bridgehead atoms. The highest BCUT2D eigenvalue weighted by Crippen LogP contribution is 2.29. The van der Waals surface area contributed by atoms with Crippen LogP contribution in [-0.2, 0) is 12.3 Å². The van der Waals surface area contributed by atoms with Crippen LogP contribution in [0.5, 0.6) is 0 Å². The summed E-state index contributed by atoms with van der Waals surface area (Å²) in [6, 6.07) is 0.778. The molecule has 1 heterocycles. The van der Waals surface area contributed by atoms with Gasteiger partial charge in [0.1, 0.15) is 5.01 Å². The number of rotatable bonds is 7. The average Bonchev–Trinajstić information content (AvgIpc) is 3.03. The van der Waals surface area contributed by atoms with Crippen LogP contribution in [0.15, 0.2) is 0 Å². The van der Waals surface area contributed by atoms with Crippen LogP contribution in [0.2, 0.25) is 0 Å². The minimum atomic E-state index is 0.537. The SMILES string of the molecule is CC(C)SCc1nc(C(C)C)c(CNC2CC2)s1. The number of hydrogen-bond acceptors (Lipinski definition) is 4. The topological polar surface area (TPSA) is 24.9 Å². The molecule has 1 saturated carbocycles. The molecule has 0 aliphatic heterocycles. The van der Waals surface area contributed by atoms with E-state index in [9.17, 15) is 0 Å². The lowest BCUT2D eigenvalue weighted by Gasteiger charge is -2.05. The van der Waals surface area contributed by atoms with Crippen molar-refractivity contribution in [3.63, 3.8) is 0 Å². The number of thiazole rings is 1. The fourth-order valence-corrected chi connectivity index (χ4v) is 3.77. The molecule has 1 fully saturated rings. The van der Waals surface area contributed by atoms with E-state index in [1.807, 2.05) is 23.1 Å². The van der Waals surface area contributed by atoms with Gasteiger partial charge in [-0.25, -0.2) is 4.98 Å². The molecule has 1 aliphatic carbocycles. The van der Waals surface area contributed by atoms with E-state index in [4.69, 9.17) is 4.98 Å². The summed E-state index contributed by atoms with van der Waals surface area (Å²) < 4.78 is 0. The van der Waals surface area contributed by atoms with Crippen molar-refractivity contribution in [1.82, 2.24) is 10.3 Å². The maximum absolute atomic E-state index is 4.84. The Labute approximate surface area is 119 Å². The first-order valence-corrected chi connectivity index (χ1v) is 8.76. The number of nitrogens with zero attached hydrogens (tertiary/aromatic N) is 1. The maximum atomic E-state index is 4.84. The third-order valence-corrected chi connectivity index (χ3v) is 5.35. The quantitative estimate of drug-likeness (QED) is 0.814. The summed E-state index contributed by atoms with van der Waals surface area (Å²) >= 11 is 3.89. The third-order valence-electron chi connectivity index (χ3n) is 2.99. The predicted molar refractivity (Wildman–Crippen MR) is 82.5 cm³/mol. The molecule has 4 heteroatoms. The van der Waals surface area contributed by atoms with Gasteiger partial charge >= 0.3 is 0 Å². The van der Waals surface area contributed by atoms with E-state index in [-0.39, 0.29) is 0 Å². The van der Waals surface area contributed by atoms with Crippen LogP contribution in [0.4, 0.5) is 0 Å². The summed E-state index contributed by atoms with van der Waals surface area (Å²) in [7, 11) is 0. The van der Waals surface area contributed by atoms with Crippen molar-refractivity contribution in [2.45, 2.75) is 70.0 Å². The lowest BCUT2D eigenvalue weighted by atomic mass is 10.1. The number of thioether (sulfide) groups is 1. The van der Waals surface area contributed by atoms with Crippen LogP contribution in [0.25, 0.3) is 0 Å². The van der Waals surface area contributed by atoms with Crippen LogP contribution < -0.4 is 5.32 Å². The van der Waals surface area contributed by atoms with Crippen LogP contribution in [0.3, 0.4) is 0 Å². The average molecular weight is 284 g/mol. The van der Waals surface area contributed by atoms with Crippen LogP contribution >= 0.6 is 23.1 Å². The molecule has 0 atom stereocenters. The second-order valence-corrected chi connectivity index (χ2v) is 8.32. The van der Waals surface area contributed by atoms with E-state index in [1.165, 1.54) is 28.4 Å². The Hall–Kier alpha value is -0.0600. The molecular weight excluding hydrogens is 260 g/mol. The molecule has 2 nitrogen and oxygen atoms in total. The lowest BCUT2D eigenvalue weighted by Crippen LogP contribution is -2.15. The predicted octanol–water partition coefficient (Wildman–Crippen LogP) is 4.16. The van der Waals surface area contributed by atoms with Gasteiger partial charge in [0.25, 0.3) is 0 Å². The minimum absolute atomic E-state index is 0.537. The highest BCUT2D eigenvalue weighted by atomic mass is 32.2. The first-order chi connectivity index (χ1) is 8.56. The van der Waals surface area contributed by atoms with Crippen molar-refractivity contribution in [2.24, 2.45) is 0 Å². The molecule has 1 aliphatic rings. The summed E-state index contributed by atoms with van der Waals surface area (Å²) in [5.74, 6) is 1.60. The molecule has 0 amide bonds. The Morgan fingerprint density at radius 3 is 2.61 bits per heavy atom. The molecule has 2 rings (SSSR count). The zero-order chi connectivity index (χ0) is 13.1. The maximum Gasteiger partial charge on any atom is 0.103 e. The summed E-state index contributed by atoms with van der Waals surface area (Å²) in [6.45, 7) is 10.0. The zero-order valence-corrected chi connectivity index (χ0v) is 13.5. The first kappa shape index (κ1) is 14.4. The fourth-order valence-electron chi connectivity index (χ4n) is 1.82. The van der Waals surface area contributed by atoms with Crippen molar-refractivity contribution in [3.05, 3.63) is 15.6 Å². The van der Waals surface area contributed by atoms with Crippen molar-refractivity contribution < 1.29 is 0 Å². The fraction of sp³-hybridized carbons (Fsp3) is 0.786. The summed E-state index contributed by atoms with van der Waals surface area (Å²) in [6.07, 6.45) is 2.71. The second-order valence-electron chi connectivity index (χ2n) is 5.59. The molecule has 1 N–H and O–H groups in total. The van der Waals surface area contributed by atoms with E-state index >= 15 is 0 Å². The highest BCUT2D eigenvalue weighted by Gasteiger charge is 2.22. The monoisotopic (exact) mass is 284 g/mol. The standard InChI is InChI=1S/C14H24N2S2/c1-9(2)14-12(7-15-11-5-6-11)18-13(16-14)8-17-10(3)4/h9-11,15H,5-8H2,1-4H3. The summed E-state index contributed by atoms with van der Waals surface area (Å²) in [5, 5.41) is 5.59. The van der Waals surface area contributed by atoms with Crippen molar-refractivity contribution in [3.8, 4) is 0 Å². The second kappa shape index (κ2) is 6.40. The smallest absolute Gasteiger partial charge is 0.103 e. The van der Waals surface area contributed by atoms with Crippen molar-refractivity contribution in [2.75, 3.05) is 0 Å². The molecule has 0 aromatic carbocycles. The minimum Gasteiger partial charge on any atom is -0.309 e. The summed E-state index contributed by atoms with van der Waals surface area (Å²) in [4.78, 5) is 6.29. The molecule has 102 valence electrons. The number of aromatic nitrogens is 1. The molecular formula is C14H24N2S2. The van der Waals surface area contributed by atoms with Gasteiger partial charge in [0.05, 0.1) is 5.69 Å². The Kier molecular flexibility index (Phi) is 5.10. The van der Waals surface area contributed by atoms with Gasteiger partial charge in [0.2, 0.25) is 0 Å². The van der Waals surface area contributed by atoms with Crippen molar-refractivity contribution >= 4 is 23.1 Å². The third kappa shape index (κ3) is 4.25. The zero-order valence-electron chi connectivity index (χ0n) is 11.8. The van der Waals surface area contributed by atoms with E-state index in [2.05, 4.69) is 33.0 Å². The van der Waals surface area contributed by atoms with Gasteiger partial charge in [-0.05, 0) is 24.0 Å². The molecule has 0 unspecified atom stereocenters. The Balaban J connectivity index is 1.99. The normalized spacial score (nSPS) is 15.9. The molecule has 18 heavy (non-hydrogen) atoms. The van der Waals surface area contributed by atoms with Gasteiger partial charge < -0.3 is 5.32 Å². The first-order valence-electron chi connectivity index (χ1n) is 6.89. The molecule has 0 spiro atoms. The molecule has 0 radical (unpaired) electrons. The van der Waals surface area contributed by atoms with E-state index in [1.54, 1.807) is 0 Å². The highest BCUT2D eigenvalue weighted by molar-refractivity contribution is 7.99. The Bertz CT molecular complexity index is 381. The summed E-state index contributed by atoms with van der Waals surface area (Å²) in [5.41, 5.74) is 1.31. The number of nitrogens with one attached hydrogen (secondary N) is 1. The molecule has 1 aromatic rings. The molecule has 0 saturated heterocycles. The van der Waals surface area contributed by atoms with E-state index in [0.717, 1.165) is 18.3 Å². The van der Waals surface area contributed by atoms with E-state index in [0.29, 0.717) is 11.2 Å². The Morgan fingerprint density at radius 1 is 1.33 bits per heavy atom. The van der Waals surface area contributed by atoms with Gasteiger partial charge in [0, 0.05) is 23.2 Å². The van der Waals surface area contributed by atoms with Crippen molar-refractivity contribution in [1.29, 1.82) is 0 Å². The number of hydrogen-bond donors (Lipinski definition) is 1. The molecule has 1 aromatic heterocycles. The van der Waals surface area contributed by atoms with Gasteiger partial charge in [-0.15, -0.1) is 11.3 Å². The van der Waals surface area contributed by atoms with Gasteiger partial charge in [0.15, 0.2) is 0 Å². The van der Waals surface area contributed by atoms with Gasteiger partial charge in [-0.1, -0.05) is 27.7 Å². The van der Waals surface area contributed by atoms with Crippen LogP contribution in [-0.4, -0.2) is 16.3 Å². The van der Waals surface area contributed by atoms with Gasteiger partial charge in [-0.2, -0.15) is 11.8 Å². The van der Waals surface area contributed by atoms with E-state index < -0.39 is 0 Å². The lowest BCUT2D eigenvalue weighted by molar-refractivity contribution is 0.680.